The minimum absolute atomic E-state index is 0.108. The van der Waals surface area contributed by atoms with Crippen molar-refractivity contribution in [2.24, 2.45) is 0 Å². The Morgan fingerprint density at radius 2 is 1.96 bits per heavy atom. The van der Waals surface area contributed by atoms with E-state index in [2.05, 4.69) is 45.3 Å². The molecule has 2 aromatic carbocycles. The average molecular weight is 395 g/mol. The second-order valence-electron chi connectivity index (χ2n) is 6.49. The van der Waals surface area contributed by atoms with Crippen molar-refractivity contribution in [3.63, 3.8) is 0 Å². The number of rotatable bonds is 2. The van der Waals surface area contributed by atoms with E-state index in [4.69, 9.17) is 0 Å². The average Bonchev–Trinajstić information content (AvgIpc) is 3.05. The van der Waals surface area contributed by atoms with Crippen LogP contribution in [0.4, 0.5) is 0 Å². The molecule has 0 saturated carbocycles. The van der Waals surface area contributed by atoms with Crippen molar-refractivity contribution in [3.05, 3.63) is 75.9 Å². The highest BCUT2D eigenvalue weighted by Gasteiger charge is 2.20. The molecule has 0 saturated heterocycles. The van der Waals surface area contributed by atoms with Crippen LogP contribution >= 0.6 is 15.9 Å². The molecule has 4 rings (SSSR count). The van der Waals surface area contributed by atoms with Gasteiger partial charge in [0.05, 0.1) is 0 Å². The molecule has 25 heavy (non-hydrogen) atoms. The standard InChI is InChI=1S/C21H19BrN2O/c1-14-2-4-16(5-3-14)21(25)24-10-8-15(9-11-24)19-13-23-20-7-6-17(22)12-18(19)20/h2-8,12-13,23H,9-11H2,1H3. The lowest BCUT2D eigenvalue weighted by Crippen LogP contribution is -2.34. The number of benzene rings is 2. The number of halogens is 1. The molecule has 0 fully saturated rings. The van der Waals surface area contributed by atoms with Crippen molar-refractivity contribution in [1.82, 2.24) is 9.88 Å². The van der Waals surface area contributed by atoms with E-state index in [1.165, 1.54) is 22.1 Å². The summed E-state index contributed by atoms with van der Waals surface area (Å²) in [5, 5.41) is 1.22. The number of hydrogen-bond acceptors (Lipinski definition) is 1. The first-order valence-electron chi connectivity index (χ1n) is 8.44. The minimum Gasteiger partial charge on any atom is -0.361 e. The van der Waals surface area contributed by atoms with Gasteiger partial charge in [0.25, 0.3) is 5.91 Å². The predicted octanol–water partition coefficient (Wildman–Crippen LogP) is 5.17. The van der Waals surface area contributed by atoms with Gasteiger partial charge in [-0.25, -0.2) is 0 Å². The van der Waals surface area contributed by atoms with Crippen molar-refractivity contribution < 1.29 is 4.79 Å². The fourth-order valence-electron chi connectivity index (χ4n) is 3.34. The lowest BCUT2D eigenvalue weighted by atomic mass is 9.98. The molecule has 4 heteroatoms. The number of aromatic nitrogens is 1. The van der Waals surface area contributed by atoms with Gasteiger partial charge in [0.1, 0.15) is 0 Å². The monoisotopic (exact) mass is 394 g/mol. The van der Waals surface area contributed by atoms with Gasteiger partial charge in [0, 0.05) is 45.8 Å². The first-order chi connectivity index (χ1) is 12.1. The Bertz CT molecular complexity index is 969. The number of aromatic amines is 1. The van der Waals surface area contributed by atoms with E-state index in [9.17, 15) is 4.79 Å². The van der Waals surface area contributed by atoms with Crippen LogP contribution in [0.15, 0.2) is 59.2 Å². The minimum atomic E-state index is 0.108. The SMILES string of the molecule is Cc1ccc(C(=O)N2CC=C(c3c[nH]c4ccc(Br)cc34)CC2)cc1. The highest BCUT2D eigenvalue weighted by atomic mass is 79.9. The highest BCUT2D eigenvalue weighted by molar-refractivity contribution is 9.10. The largest absolute Gasteiger partial charge is 0.361 e. The molecule has 0 aliphatic carbocycles. The van der Waals surface area contributed by atoms with Crippen LogP contribution in [-0.4, -0.2) is 28.9 Å². The molecular weight excluding hydrogens is 376 g/mol. The fourth-order valence-corrected chi connectivity index (χ4v) is 3.70. The molecule has 1 aromatic heterocycles. The number of hydrogen-bond donors (Lipinski definition) is 1. The van der Waals surface area contributed by atoms with Crippen LogP contribution in [0.25, 0.3) is 16.5 Å². The van der Waals surface area contributed by atoms with Crippen molar-refractivity contribution in [3.8, 4) is 0 Å². The van der Waals surface area contributed by atoms with Crippen LogP contribution in [0.5, 0.6) is 0 Å². The molecule has 0 unspecified atom stereocenters. The quantitative estimate of drug-likeness (QED) is 0.639. The Labute approximate surface area is 155 Å². The smallest absolute Gasteiger partial charge is 0.254 e. The number of fused-ring (bicyclic) bond motifs is 1. The Morgan fingerprint density at radius 1 is 1.16 bits per heavy atom. The number of nitrogens with zero attached hydrogens (tertiary/aromatic N) is 1. The summed E-state index contributed by atoms with van der Waals surface area (Å²) in [7, 11) is 0. The third-order valence-electron chi connectivity index (χ3n) is 4.78. The molecule has 126 valence electrons. The summed E-state index contributed by atoms with van der Waals surface area (Å²) in [5.41, 5.74) is 5.61. The van der Waals surface area contributed by atoms with Gasteiger partial charge in [0.15, 0.2) is 0 Å². The molecular formula is C21H19BrN2O. The van der Waals surface area contributed by atoms with E-state index < -0.39 is 0 Å². The van der Waals surface area contributed by atoms with Crippen LogP contribution < -0.4 is 0 Å². The van der Waals surface area contributed by atoms with Gasteiger partial charge >= 0.3 is 0 Å². The third kappa shape index (κ3) is 3.14. The number of nitrogens with one attached hydrogen (secondary N) is 1. The van der Waals surface area contributed by atoms with Crippen LogP contribution in [0.2, 0.25) is 0 Å². The highest BCUT2D eigenvalue weighted by Crippen LogP contribution is 2.31. The van der Waals surface area contributed by atoms with E-state index in [0.29, 0.717) is 6.54 Å². The van der Waals surface area contributed by atoms with Crippen LogP contribution in [0.1, 0.15) is 27.9 Å². The Morgan fingerprint density at radius 3 is 2.68 bits per heavy atom. The van der Waals surface area contributed by atoms with Gasteiger partial charge in [-0.1, -0.05) is 39.7 Å². The topological polar surface area (TPSA) is 36.1 Å². The van der Waals surface area contributed by atoms with E-state index in [0.717, 1.165) is 28.5 Å². The normalized spacial score (nSPS) is 14.6. The second-order valence-corrected chi connectivity index (χ2v) is 7.40. The number of amides is 1. The Hall–Kier alpha value is -2.33. The third-order valence-corrected chi connectivity index (χ3v) is 5.28. The maximum atomic E-state index is 12.6. The second kappa shape index (κ2) is 6.52. The molecule has 0 radical (unpaired) electrons. The summed E-state index contributed by atoms with van der Waals surface area (Å²) >= 11 is 3.55. The van der Waals surface area contributed by atoms with Crippen molar-refractivity contribution in [2.75, 3.05) is 13.1 Å². The van der Waals surface area contributed by atoms with Gasteiger partial charge in [0.2, 0.25) is 0 Å². The summed E-state index contributed by atoms with van der Waals surface area (Å²) in [5.74, 6) is 0.108. The lowest BCUT2D eigenvalue weighted by molar-refractivity contribution is 0.0773. The van der Waals surface area contributed by atoms with E-state index in [1.54, 1.807) is 0 Å². The van der Waals surface area contributed by atoms with Crippen LogP contribution in [0.3, 0.4) is 0 Å². The van der Waals surface area contributed by atoms with Gasteiger partial charge in [-0.2, -0.15) is 0 Å². The molecule has 0 atom stereocenters. The van der Waals surface area contributed by atoms with Crippen molar-refractivity contribution >= 4 is 38.3 Å². The van der Waals surface area contributed by atoms with E-state index >= 15 is 0 Å². The first kappa shape index (κ1) is 16.2. The number of aryl methyl sites for hydroxylation is 1. The summed E-state index contributed by atoms with van der Waals surface area (Å²) < 4.78 is 1.08. The summed E-state index contributed by atoms with van der Waals surface area (Å²) in [6, 6.07) is 14.1. The van der Waals surface area contributed by atoms with Crippen molar-refractivity contribution in [2.45, 2.75) is 13.3 Å². The van der Waals surface area contributed by atoms with Gasteiger partial charge in [-0.3, -0.25) is 4.79 Å². The zero-order valence-electron chi connectivity index (χ0n) is 14.1. The van der Waals surface area contributed by atoms with Gasteiger partial charge in [-0.15, -0.1) is 0 Å². The van der Waals surface area contributed by atoms with Gasteiger partial charge < -0.3 is 9.88 Å². The molecule has 2 heterocycles. The molecule has 1 aliphatic rings. The number of carbonyl (C=O) groups is 1. The predicted molar refractivity (Wildman–Crippen MR) is 106 cm³/mol. The summed E-state index contributed by atoms with van der Waals surface area (Å²) in [6.45, 7) is 3.44. The maximum absolute atomic E-state index is 12.6. The molecule has 3 aromatic rings. The van der Waals surface area contributed by atoms with E-state index in [1.807, 2.05) is 42.2 Å². The lowest BCUT2D eigenvalue weighted by Gasteiger charge is -2.26. The first-order valence-corrected chi connectivity index (χ1v) is 9.23. The number of H-pyrrole nitrogens is 1. The molecule has 1 aliphatic heterocycles. The molecule has 3 nitrogen and oxygen atoms in total. The van der Waals surface area contributed by atoms with Crippen LogP contribution in [0, 0.1) is 6.92 Å². The van der Waals surface area contributed by atoms with Crippen molar-refractivity contribution in [1.29, 1.82) is 0 Å². The molecule has 0 spiro atoms. The maximum Gasteiger partial charge on any atom is 0.254 e. The Kier molecular flexibility index (Phi) is 4.22. The zero-order chi connectivity index (χ0) is 17.4. The molecule has 1 amide bonds. The summed E-state index contributed by atoms with van der Waals surface area (Å²) in [4.78, 5) is 17.9. The van der Waals surface area contributed by atoms with Crippen LogP contribution in [-0.2, 0) is 0 Å². The summed E-state index contributed by atoms with van der Waals surface area (Å²) in [6.07, 6.45) is 5.12. The molecule has 0 bridgehead atoms. The number of carbonyl (C=O) groups excluding carboxylic acids is 1. The fraction of sp³-hybridized carbons (Fsp3) is 0.190. The zero-order valence-corrected chi connectivity index (χ0v) is 15.6. The van der Waals surface area contributed by atoms with Gasteiger partial charge in [-0.05, 0) is 49.2 Å². The molecule has 1 N–H and O–H groups in total. The Balaban J connectivity index is 1.56. The van der Waals surface area contributed by atoms with E-state index in [-0.39, 0.29) is 5.91 Å².